The first-order valence-electron chi connectivity index (χ1n) is 8.55. The third-order valence-electron chi connectivity index (χ3n) is 3.99. The Morgan fingerprint density at radius 3 is 2.65 bits per heavy atom. The molecule has 0 saturated heterocycles. The van der Waals surface area contributed by atoms with E-state index in [0.29, 0.717) is 13.0 Å². The number of fused-ring (bicyclic) bond motifs is 1. The molecule has 23 heavy (non-hydrogen) atoms. The molecule has 1 aromatic rings. The summed E-state index contributed by atoms with van der Waals surface area (Å²) in [6, 6.07) is 5.76. The summed E-state index contributed by atoms with van der Waals surface area (Å²) in [5, 5.41) is 2.96. The fourth-order valence-electron chi connectivity index (χ4n) is 2.62. The average Bonchev–Trinajstić information content (AvgIpc) is 3.03. The maximum atomic E-state index is 11.8. The molecule has 0 radical (unpaired) electrons. The quantitative estimate of drug-likeness (QED) is 0.488. The van der Waals surface area contributed by atoms with Gasteiger partial charge in [-0.1, -0.05) is 37.8 Å². The normalized spacial score (nSPS) is 12.2. The fourth-order valence-corrected chi connectivity index (χ4v) is 2.62. The summed E-state index contributed by atoms with van der Waals surface area (Å²) < 4.78 is 10.6. The lowest BCUT2D eigenvalue weighted by atomic mass is 10.1. The minimum Gasteiger partial charge on any atom is -0.454 e. The zero-order valence-corrected chi connectivity index (χ0v) is 13.8. The van der Waals surface area contributed by atoms with E-state index in [-0.39, 0.29) is 12.7 Å². The molecule has 1 aliphatic heterocycles. The highest BCUT2D eigenvalue weighted by Crippen LogP contribution is 2.32. The van der Waals surface area contributed by atoms with Crippen LogP contribution in [0.2, 0.25) is 0 Å². The predicted octanol–water partition coefficient (Wildman–Crippen LogP) is 4.34. The van der Waals surface area contributed by atoms with Crippen LogP contribution in [0.15, 0.2) is 30.9 Å². The molecule has 0 spiro atoms. The van der Waals surface area contributed by atoms with Gasteiger partial charge in [-0.2, -0.15) is 0 Å². The van der Waals surface area contributed by atoms with E-state index in [9.17, 15) is 4.79 Å². The Labute approximate surface area is 138 Å². The van der Waals surface area contributed by atoms with Crippen LogP contribution in [-0.2, 0) is 11.3 Å². The van der Waals surface area contributed by atoms with Crippen LogP contribution in [0.25, 0.3) is 0 Å². The number of carbonyl (C=O) groups is 1. The van der Waals surface area contributed by atoms with Gasteiger partial charge in [0.15, 0.2) is 11.5 Å². The molecule has 1 amide bonds. The predicted molar refractivity (Wildman–Crippen MR) is 91.5 cm³/mol. The maximum absolute atomic E-state index is 11.8. The van der Waals surface area contributed by atoms with Crippen molar-refractivity contribution in [3.05, 3.63) is 36.4 Å². The third kappa shape index (κ3) is 6.35. The molecule has 0 aliphatic carbocycles. The number of hydrogen-bond acceptors (Lipinski definition) is 3. The van der Waals surface area contributed by atoms with Gasteiger partial charge < -0.3 is 14.8 Å². The summed E-state index contributed by atoms with van der Waals surface area (Å²) in [7, 11) is 0. The topological polar surface area (TPSA) is 47.6 Å². The fraction of sp³-hybridized carbons (Fsp3) is 0.526. The number of carbonyl (C=O) groups excluding carboxylic acids is 1. The number of ether oxygens (including phenoxy) is 2. The first-order chi connectivity index (χ1) is 11.3. The summed E-state index contributed by atoms with van der Waals surface area (Å²) in [4.78, 5) is 11.8. The number of unbranched alkanes of at least 4 members (excludes halogenated alkanes) is 6. The number of nitrogens with one attached hydrogen (secondary N) is 1. The molecule has 0 unspecified atom stereocenters. The smallest absolute Gasteiger partial charge is 0.231 e. The van der Waals surface area contributed by atoms with Crippen molar-refractivity contribution in [3.63, 3.8) is 0 Å². The Kier molecular flexibility index (Phi) is 7.50. The monoisotopic (exact) mass is 317 g/mol. The van der Waals surface area contributed by atoms with E-state index >= 15 is 0 Å². The van der Waals surface area contributed by atoms with Crippen molar-refractivity contribution in [2.75, 3.05) is 6.79 Å². The van der Waals surface area contributed by atoms with E-state index in [1.807, 2.05) is 24.3 Å². The lowest BCUT2D eigenvalue weighted by Crippen LogP contribution is -2.22. The van der Waals surface area contributed by atoms with E-state index in [0.717, 1.165) is 36.3 Å². The summed E-state index contributed by atoms with van der Waals surface area (Å²) >= 11 is 0. The van der Waals surface area contributed by atoms with Gasteiger partial charge in [0.05, 0.1) is 0 Å². The first-order valence-corrected chi connectivity index (χ1v) is 8.55. The molecule has 0 bridgehead atoms. The molecule has 0 fully saturated rings. The van der Waals surface area contributed by atoms with Crippen LogP contribution in [0, 0.1) is 0 Å². The second-order valence-corrected chi connectivity index (χ2v) is 5.91. The van der Waals surface area contributed by atoms with E-state index < -0.39 is 0 Å². The largest absolute Gasteiger partial charge is 0.454 e. The van der Waals surface area contributed by atoms with Crippen LogP contribution in [-0.4, -0.2) is 12.7 Å². The van der Waals surface area contributed by atoms with Crippen LogP contribution in [0.5, 0.6) is 11.5 Å². The summed E-state index contributed by atoms with van der Waals surface area (Å²) in [6.07, 6.45) is 10.8. The van der Waals surface area contributed by atoms with Crippen molar-refractivity contribution >= 4 is 5.91 Å². The molecule has 1 aliphatic rings. The van der Waals surface area contributed by atoms with E-state index in [1.165, 1.54) is 25.7 Å². The molecule has 2 rings (SSSR count). The number of rotatable bonds is 11. The highest BCUT2D eigenvalue weighted by Gasteiger charge is 2.13. The zero-order chi connectivity index (χ0) is 16.3. The number of amides is 1. The highest BCUT2D eigenvalue weighted by atomic mass is 16.7. The van der Waals surface area contributed by atoms with Crippen LogP contribution < -0.4 is 14.8 Å². The Balaban J connectivity index is 1.52. The summed E-state index contributed by atoms with van der Waals surface area (Å²) in [6.45, 7) is 4.54. The second-order valence-electron chi connectivity index (χ2n) is 5.91. The Morgan fingerprint density at radius 1 is 1.09 bits per heavy atom. The van der Waals surface area contributed by atoms with E-state index in [1.54, 1.807) is 0 Å². The molecule has 0 saturated carbocycles. The highest BCUT2D eigenvalue weighted by molar-refractivity contribution is 5.75. The maximum Gasteiger partial charge on any atom is 0.231 e. The molecule has 0 aromatic heterocycles. The lowest BCUT2D eigenvalue weighted by Gasteiger charge is -2.06. The summed E-state index contributed by atoms with van der Waals surface area (Å²) in [5.74, 6) is 1.65. The number of benzene rings is 1. The van der Waals surface area contributed by atoms with Crippen molar-refractivity contribution in [1.29, 1.82) is 0 Å². The van der Waals surface area contributed by atoms with Crippen molar-refractivity contribution < 1.29 is 14.3 Å². The van der Waals surface area contributed by atoms with Gasteiger partial charge in [-0.15, -0.1) is 6.58 Å². The van der Waals surface area contributed by atoms with Gasteiger partial charge in [-0.3, -0.25) is 4.79 Å². The van der Waals surface area contributed by atoms with Crippen LogP contribution >= 0.6 is 0 Å². The van der Waals surface area contributed by atoms with Gasteiger partial charge in [-0.25, -0.2) is 0 Å². The zero-order valence-electron chi connectivity index (χ0n) is 13.8. The molecule has 1 heterocycles. The van der Waals surface area contributed by atoms with E-state index in [4.69, 9.17) is 9.47 Å². The number of hydrogen-bond donors (Lipinski definition) is 1. The van der Waals surface area contributed by atoms with Gasteiger partial charge >= 0.3 is 0 Å². The Morgan fingerprint density at radius 2 is 1.83 bits per heavy atom. The van der Waals surface area contributed by atoms with Crippen molar-refractivity contribution in [2.45, 2.75) is 57.9 Å². The van der Waals surface area contributed by atoms with Crippen molar-refractivity contribution in [3.8, 4) is 11.5 Å². The second kappa shape index (κ2) is 9.93. The SMILES string of the molecule is C=CCCCCCCCCC(=O)NCc1ccc2c(c1)OCO2. The standard InChI is InChI=1S/C19H27NO3/c1-2-3-4-5-6-7-8-9-10-19(21)20-14-16-11-12-17-18(13-16)23-15-22-17/h2,11-13H,1,3-10,14-15H2,(H,20,21). The van der Waals surface area contributed by atoms with Crippen molar-refractivity contribution in [2.24, 2.45) is 0 Å². The average molecular weight is 317 g/mol. The van der Waals surface area contributed by atoms with Gasteiger partial charge in [0, 0.05) is 13.0 Å². The molecule has 4 nitrogen and oxygen atoms in total. The van der Waals surface area contributed by atoms with Crippen molar-refractivity contribution in [1.82, 2.24) is 5.32 Å². The lowest BCUT2D eigenvalue weighted by molar-refractivity contribution is -0.121. The van der Waals surface area contributed by atoms with E-state index in [2.05, 4.69) is 11.9 Å². The van der Waals surface area contributed by atoms with Gasteiger partial charge in [0.2, 0.25) is 12.7 Å². The molecular weight excluding hydrogens is 290 g/mol. The first kappa shape index (κ1) is 17.4. The van der Waals surface area contributed by atoms with Gasteiger partial charge in [0.1, 0.15) is 0 Å². The Bertz CT molecular complexity index is 513. The van der Waals surface area contributed by atoms with Crippen LogP contribution in [0.1, 0.15) is 56.9 Å². The minimum absolute atomic E-state index is 0.120. The Hall–Kier alpha value is -1.97. The minimum atomic E-state index is 0.120. The van der Waals surface area contributed by atoms with Gasteiger partial charge in [0.25, 0.3) is 0 Å². The third-order valence-corrected chi connectivity index (χ3v) is 3.99. The molecule has 0 atom stereocenters. The molecule has 1 aromatic carbocycles. The molecule has 4 heteroatoms. The van der Waals surface area contributed by atoms with Crippen LogP contribution in [0.3, 0.4) is 0 Å². The molecule has 1 N–H and O–H groups in total. The molecular formula is C19H27NO3. The van der Waals surface area contributed by atoms with Crippen LogP contribution in [0.4, 0.5) is 0 Å². The molecule has 126 valence electrons. The summed E-state index contributed by atoms with van der Waals surface area (Å²) in [5.41, 5.74) is 1.03. The van der Waals surface area contributed by atoms with Gasteiger partial charge in [-0.05, 0) is 37.0 Å². The number of allylic oxidation sites excluding steroid dienone is 1.